The van der Waals surface area contributed by atoms with E-state index in [-0.39, 0.29) is 25.0 Å². The molecule has 5 rings (SSSR count). The van der Waals surface area contributed by atoms with Gasteiger partial charge in [0.05, 0.1) is 12.1 Å². The Morgan fingerprint density at radius 3 is 2.41 bits per heavy atom. The van der Waals surface area contributed by atoms with Gasteiger partial charge in [-0.15, -0.1) is 0 Å². The summed E-state index contributed by atoms with van der Waals surface area (Å²) in [7, 11) is 0. The van der Waals surface area contributed by atoms with Crippen LogP contribution in [-0.2, 0) is 9.59 Å². The first-order chi connectivity index (χ1) is 15.7. The molecule has 2 N–H and O–H groups in total. The maximum Gasteiger partial charge on any atom is 0.249 e. The van der Waals surface area contributed by atoms with Crippen molar-refractivity contribution < 1.29 is 19.1 Å². The highest BCUT2D eigenvalue weighted by Crippen LogP contribution is 2.34. The summed E-state index contributed by atoms with van der Waals surface area (Å²) >= 11 is 0. The molecule has 3 aromatic carbocycles. The second-order valence-corrected chi connectivity index (χ2v) is 7.29. The number of hydrogen-bond acceptors (Lipinski definition) is 6. The quantitative estimate of drug-likeness (QED) is 0.662. The fourth-order valence-electron chi connectivity index (χ4n) is 3.56. The van der Waals surface area contributed by atoms with Gasteiger partial charge < -0.3 is 20.1 Å². The minimum atomic E-state index is -0.876. The predicted octanol–water partition coefficient (Wildman–Crippen LogP) is 3.63. The van der Waals surface area contributed by atoms with E-state index in [1.54, 1.807) is 18.2 Å². The number of benzene rings is 3. The standard InChI is InChI=1S/C24H20N4O4/c29-22-14-19(23(30)25-17-11-12-20-21(13-17)32-15-31-20)27-24(26-16-7-3-1-4-8-16)28(22)18-9-5-2-6-10-18/h1-13,19H,14-15H2,(H,25,30)(H,26,27). The maximum atomic E-state index is 13.1. The predicted molar refractivity (Wildman–Crippen MR) is 121 cm³/mol. The lowest BCUT2D eigenvalue weighted by Crippen LogP contribution is -2.49. The van der Waals surface area contributed by atoms with Gasteiger partial charge in [0.1, 0.15) is 6.04 Å². The number of nitrogens with one attached hydrogen (secondary N) is 2. The van der Waals surface area contributed by atoms with Crippen molar-refractivity contribution in [1.29, 1.82) is 0 Å². The van der Waals surface area contributed by atoms with Gasteiger partial charge in [0, 0.05) is 17.4 Å². The Labute approximate surface area is 184 Å². The molecule has 2 aliphatic heterocycles. The third-order valence-electron chi connectivity index (χ3n) is 5.09. The van der Waals surface area contributed by atoms with Gasteiger partial charge in [-0.2, -0.15) is 0 Å². The smallest absolute Gasteiger partial charge is 0.249 e. The van der Waals surface area contributed by atoms with E-state index in [0.717, 1.165) is 5.69 Å². The number of para-hydroxylation sites is 2. The molecule has 0 spiro atoms. The first kappa shape index (κ1) is 19.6. The van der Waals surface area contributed by atoms with Gasteiger partial charge in [-0.05, 0) is 36.4 Å². The average Bonchev–Trinajstić information content (AvgIpc) is 3.28. The number of rotatable bonds is 4. The van der Waals surface area contributed by atoms with Gasteiger partial charge in [0.15, 0.2) is 11.5 Å². The van der Waals surface area contributed by atoms with E-state index in [1.165, 1.54) is 4.90 Å². The summed E-state index contributed by atoms with van der Waals surface area (Å²) in [5.41, 5.74) is 1.98. The van der Waals surface area contributed by atoms with Crippen molar-refractivity contribution in [2.45, 2.75) is 12.5 Å². The molecular formula is C24H20N4O4. The molecule has 8 heteroatoms. The van der Waals surface area contributed by atoms with Gasteiger partial charge >= 0.3 is 0 Å². The number of fused-ring (bicyclic) bond motifs is 1. The number of anilines is 3. The second kappa shape index (κ2) is 8.43. The van der Waals surface area contributed by atoms with Crippen LogP contribution in [0.5, 0.6) is 11.5 Å². The fourth-order valence-corrected chi connectivity index (χ4v) is 3.56. The molecule has 0 saturated carbocycles. The van der Waals surface area contributed by atoms with Crippen LogP contribution in [0.25, 0.3) is 0 Å². The number of guanidine groups is 1. The van der Waals surface area contributed by atoms with Crippen LogP contribution in [0, 0.1) is 0 Å². The number of nitrogens with zero attached hydrogens (tertiary/aromatic N) is 2. The van der Waals surface area contributed by atoms with Gasteiger partial charge in [-0.3, -0.25) is 14.5 Å². The molecule has 2 aliphatic rings. The lowest BCUT2D eigenvalue weighted by atomic mass is 10.1. The Morgan fingerprint density at radius 1 is 0.906 bits per heavy atom. The number of carbonyl (C=O) groups excluding carboxylic acids is 2. The first-order valence-corrected chi connectivity index (χ1v) is 10.2. The van der Waals surface area contributed by atoms with E-state index in [2.05, 4.69) is 15.6 Å². The number of carbonyl (C=O) groups is 2. The van der Waals surface area contributed by atoms with Crippen molar-refractivity contribution in [3.05, 3.63) is 78.9 Å². The normalized spacial score (nSPS) is 17.0. The number of amides is 2. The van der Waals surface area contributed by atoms with Gasteiger partial charge in [-0.25, -0.2) is 4.99 Å². The number of ether oxygens (including phenoxy) is 2. The average molecular weight is 428 g/mol. The van der Waals surface area contributed by atoms with E-state index in [4.69, 9.17) is 9.47 Å². The molecule has 1 unspecified atom stereocenters. The summed E-state index contributed by atoms with van der Waals surface area (Å²) < 4.78 is 10.7. The topological polar surface area (TPSA) is 92.3 Å². The minimum Gasteiger partial charge on any atom is -0.454 e. The Morgan fingerprint density at radius 2 is 1.62 bits per heavy atom. The summed E-state index contributed by atoms with van der Waals surface area (Å²) in [5, 5.41) is 6.00. The van der Waals surface area contributed by atoms with Crippen LogP contribution in [0.15, 0.2) is 83.9 Å². The van der Waals surface area contributed by atoms with Crippen LogP contribution in [-0.4, -0.2) is 30.6 Å². The van der Waals surface area contributed by atoms with E-state index >= 15 is 0 Å². The molecule has 0 radical (unpaired) electrons. The Kier molecular flexibility index (Phi) is 5.17. The van der Waals surface area contributed by atoms with Crippen LogP contribution in [0.2, 0.25) is 0 Å². The largest absolute Gasteiger partial charge is 0.454 e. The summed E-state index contributed by atoms with van der Waals surface area (Å²) in [6.45, 7) is 0.151. The van der Waals surface area contributed by atoms with Crippen molar-refractivity contribution in [3.8, 4) is 11.5 Å². The summed E-state index contributed by atoms with van der Waals surface area (Å²) in [5.74, 6) is 0.881. The molecule has 160 valence electrons. The summed E-state index contributed by atoms with van der Waals surface area (Å²) in [4.78, 5) is 32.2. The molecule has 32 heavy (non-hydrogen) atoms. The fraction of sp³-hybridized carbons (Fsp3) is 0.125. The van der Waals surface area contributed by atoms with Crippen LogP contribution in [0.1, 0.15) is 6.42 Å². The zero-order valence-corrected chi connectivity index (χ0v) is 17.0. The van der Waals surface area contributed by atoms with Crippen molar-refractivity contribution in [2.24, 2.45) is 4.99 Å². The SMILES string of the molecule is O=C(Nc1ccc2c(c1)OCO2)C1CC(=O)N(c2ccccc2)C(Nc2ccccc2)=N1. The number of hydrogen-bond donors (Lipinski definition) is 2. The maximum absolute atomic E-state index is 13.1. The van der Waals surface area contributed by atoms with E-state index in [0.29, 0.717) is 28.8 Å². The minimum absolute atomic E-state index is 0.0503. The van der Waals surface area contributed by atoms with Gasteiger partial charge in [0.2, 0.25) is 24.6 Å². The lowest BCUT2D eigenvalue weighted by molar-refractivity contribution is -0.123. The van der Waals surface area contributed by atoms with E-state index in [9.17, 15) is 9.59 Å². The van der Waals surface area contributed by atoms with E-state index < -0.39 is 6.04 Å². The zero-order valence-electron chi connectivity index (χ0n) is 17.0. The van der Waals surface area contributed by atoms with Gasteiger partial charge in [-0.1, -0.05) is 36.4 Å². The highest BCUT2D eigenvalue weighted by molar-refractivity contribution is 6.23. The molecule has 2 amide bonds. The van der Waals surface area contributed by atoms with E-state index in [1.807, 2.05) is 60.7 Å². The number of aliphatic imine (C=N–C) groups is 1. The molecule has 0 saturated heterocycles. The Bertz CT molecular complexity index is 1180. The third-order valence-corrected chi connectivity index (χ3v) is 5.09. The highest BCUT2D eigenvalue weighted by Gasteiger charge is 2.34. The Balaban J connectivity index is 1.42. The lowest BCUT2D eigenvalue weighted by Gasteiger charge is -2.31. The molecule has 3 aromatic rings. The molecule has 0 fully saturated rings. The van der Waals surface area contributed by atoms with Crippen molar-refractivity contribution >= 4 is 34.8 Å². The van der Waals surface area contributed by atoms with Crippen LogP contribution in [0.3, 0.4) is 0 Å². The summed E-state index contributed by atoms with van der Waals surface area (Å²) in [6, 6.07) is 22.9. The highest BCUT2D eigenvalue weighted by atomic mass is 16.7. The van der Waals surface area contributed by atoms with Crippen molar-refractivity contribution in [3.63, 3.8) is 0 Å². The molecule has 1 atom stereocenters. The van der Waals surface area contributed by atoms with Gasteiger partial charge in [0.25, 0.3) is 0 Å². The zero-order chi connectivity index (χ0) is 21.9. The Hall–Kier alpha value is -4.33. The first-order valence-electron chi connectivity index (χ1n) is 10.2. The molecule has 8 nitrogen and oxygen atoms in total. The van der Waals surface area contributed by atoms with Crippen LogP contribution in [0.4, 0.5) is 17.1 Å². The van der Waals surface area contributed by atoms with Crippen LogP contribution >= 0.6 is 0 Å². The van der Waals surface area contributed by atoms with Crippen molar-refractivity contribution in [2.75, 3.05) is 22.3 Å². The molecule has 0 bridgehead atoms. The monoisotopic (exact) mass is 428 g/mol. The van der Waals surface area contributed by atoms with Crippen molar-refractivity contribution in [1.82, 2.24) is 0 Å². The molecule has 0 aromatic heterocycles. The second-order valence-electron chi connectivity index (χ2n) is 7.29. The molecular weight excluding hydrogens is 408 g/mol. The molecule has 0 aliphatic carbocycles. The summed E-state index contributed by atoms with van der Waals surface area (Å²) in [6.07, 6.45) is -0.0503. The third kappa shape index (κ3) is 3.98. The molecule has 2 heterocycles. The van der Waals surface area contributed by atoms with Crippen LogP contribution < -0.4 is 25.0 Å².